The Hall–Kier alpha value is -1.14. The Kier molecular flexibility index (Phi) is 13.4. The van der Waals surface area contributed by atoms with Gasteiger partial charge in [0.15, 0.2) is 5.96 Å². The molecule has 0 radical (unpaired) electrons. The van der Waals surface area contributed by atoms with Crippen molar-refractivity contribution in [2.75, 3.05) is 39.5 Å². The summed E-state index contributed by atoms with van der Waals surface area (Å²) < 4.78 is 43.6. The van der Waals surface area contributed by atoms with E-state index in [-0.39, 0.29) is 35.9 Å². The second-order valence-corrected chi connectivity index (χ2v) is 8.08. The molecule has 0 saturated carbocycles. The highest BCUT2D eigenvalue weighted by Crippen LogP contribution is 2.14. The van der Waals surface area contributed by atoms with E-state index < -0.39 is 10.0 Å². The Balaban J connectivity index is 0.00000729. The average molecular weight is 530 g/mol. The van der Waals surface area contributed by atoms with Crippen LogP contribution in [-0.2, 0) is 10.0 Å². The summed E-state index contributed by atoms with van der Waals surface area (Å²) in [6, 6.07) is 6.07. The molecule has 0 aromatic heterocycles. The second kappa shape index (κ2) is 13.9. The molecule has 0 aliphatic heterocycles. The van der Waals surface area contributed by atoms with Gasteiger partial charge in [-0.3, -0.25) is 4.99 Å². The van der Waals surface area contributed by atoms with Crippen LogP contribution in [0.2, 0.25) is 0 Å². The first-order chi connectivity index (χ1) is 12.8. The number of rotatable bonds is 11. The lowest BCUT2D eigenvalue weighted by Gasteiger charge is -2.21. The molecule has 0 fully saturated rings. The van der Waals surface area contributed by atoms with Gasteiger partial charge in [-0.25, -0.2) is 17.1 Å². The average Bonchev–Trinajstić information content (AvgIpc) is 2.61. The third-order valence-electron chi connectivity index (χ3n) is 3.97. The van der Waals surface area contributed by atoms with Crippen molar-refractivity contribution in [2.24, 2.45) is 4.99 Å². The van der Waals surface area contributed by atoms with Gasteiger partial charge in [0.25, 0.3) is 0 Å². The monoisotopic (exact) mass is 530 g/mol. The fraction of sp³-hybridized carbons (Fsp3) is 0.611. The molecule has 0 heterocycles. The highest BCUT2D eigenvalue weighted by atomic mass is 127. The third kappa shape index (κ3) is 10.4. The van der Waals surface area contributed by atoms with Crippen molar-refractivity contribution in [3.05, 3.63) is 30.1 Å². The Labute approximate surface area is 185 Å². The molecule has 1 atom stereocenters. The third-order valence-corrected chi connectivity index (χ3v) is 5.35. The van der Waals surface area contributed by atoms with Crippen molar-refractivity contribution < 1.29 is 17.5 Å². The highest BCUT2D eigenvalue weighted by Gasteiger charge is 2.13. The van der Waals surface area contributed by atoms with E-state index >= 15 is 0 Å². The summed E-state index contributed by atoms with van der Waals surface area (Å²) in [5, 5.41) is 6.33. The van der Waals surface area contributed by atoms with Crippen LogP contribution in [0.15, 0.2) is 29.3 Å². The molecule has 1 aromatic rings. The summed E-state index contributed by atoms with van der Waals surface area (Å²) in [7, 11) is -1.50. The summed E-state index contributed by atoms with van der Waals surface area (Å²) in [6.07, 6.45) is 2.50. The lowest BCUT2D eigenvalue weighted by atomic mass is 10.2. The zero-order chi connectivity index (χ0) is 20.3. The molecule has 1 aromatic carbocycles. The van der Waals surface area contributed by atoms with Crippen LogP contribution >= 0.6 is 24.0 Å². The summed E-state index contributed by atoms with van der Waals surface area (Å²) in [6.45, 7) is 5.83. The van der Waals surface area contributed by atoms with Gasteiger partial charge in [-0.15, -0.1) is 24.0 Å². The fourth-order valence-corrected chi connectivity index (χ4v) is 3.38. The molecule has 0 aliphatic carbocycles. The molecular weight excluding hydrogens is 498 g/mol. The smallest absolute Gasteiger partial charge is 0.211 e. The van der Waals surface area contributed by atoms with Crippen molar-refractivity contribution in [1.82, 2.24) is 14.9 Å². The van der Waals surface area contributed by atoms with Crippen molar-refractivity contribution >= 4 is 40.0 Å². The molecule has 0 bridgehead atoms. The maximum absolute atomic E-state index is 13.3. The molecule has 0 saturated heterocycles. The van der Waals surface area contributed by atoms with Crippen LogP contribution in [0, 0.1) is 5.82 Å². The van der Waals surface area contributed by atoms with Crippen LogP contribution in [0.5, 0.6) is 5.75 Å². The fourth-order valence-electron chi connectivity index (χ4n) is 2.45. The molecule has 2 N–H and O–H groups in total. The first kappa shape index (κ1) is 26.9. The molecule has 28 heavy (non-hydrogen) atoms. The van der Waals surface area contributed by atoms with Crippen LogP contribution in [-0.4, -0.2) is 64.3 Å². The molecule has 7 nitrogen and oxygen atoms in total. The van der Waals surface area contributed by atoms with E-state index in [0.717, 1.165) is 6.42 Å². The number of halogens is 2. The minimum atomic E-state index is -3.16. The maximum Gasteiger partial charge on any atom is 0.211 e. The first-order valence-corrected chi connectivity index (χ1v) is 11.0. The lowest BCUT2D eigenvalue weighted by molar-refractivity contribution is 0.198. The van der Waals surface area contributed by atoms with Gasteiger partial charge in [-0.05, 0) is 25.0 Å². The molecule has 1 rings (SSSR count). The molecule has 0 aliphatic rings. The Bertz CT molecular complexity index is 704. The van der Waals surface area contributed by atoms with E-state index in [1.54, 1.807) is 19.2 Å². The second-order valence-electron chi connectivity index (χ2n) is 6.09. The highest BCUT2D eigenvalue weighted by molar-refractivity contribution is 14.0. The molecule has 10 heteroatoms. The minimum Gasteiger partial charge on any atom is -0.489 e. The standard InChI is InChI=1S/C18H31FN4O3S.HI/c1-5-16(26-17-10-7-9-15(19)13-17)14-22-18(20-3)21-11-8-12-23(6-2)27(4,24)25;/h7,9-10,13,16H,5-6,8,11-12,14H2,1-4H3,(H2,20,21,22);1H. The number of hydrogen-bond donors (Lipinski definition) is 2. The summed E-state index contributed by atoms with van der Waals surface area (Å²) >= 11 is 0. The number of guanidine groups is 1. The van der Waals surface area contributed by atoms with Gasteiger partial charge in [0.1, 0.15) is 17.7 Å². The Morgan fingerprint density at radius 3 is 2.57 bits per heavy atom. The number of nitrogens with zero attached hydrogens (tertiary/aromatic N) is 2. The molecule has 1 unspecified atom stereocenters. The molecular formula is C18H32FIN4O3S. The van der Waals surface area contributed by atoms with Crippen LogP contribution in [0.1, 0.15) is 26.7 Å². The van der Waals surface area contributed by atoms with Crippen molar-refractivity contribution in [3.63, 3.8) is 0 Å². The largest absolute Gasteiger partial charge is 0.489 e. The van der Waals surface area contributed by atoms with E-state index in [0.29, 0.717) is 44.3 Å². The lowest BCUT2D eigenvalue weighted by Crippen LogP contribution is -2.43. The predicted molar refractivity (Wildman–Crippen MR) is 123 cm³/mol. The summed E-state index contributed by atoms with van der Waals surface area (Å²) in [5.74, 6) is 0.772. The summed E-state index contributed by atoms with van der Waals surface area (Å²) in [4.78, 5) is 4.15. The number of hydrogen-bond acceptors (Lipinski definition) is 4. The van der Waals surface area contributed by atoms with Gasteiger partial charge in [0.2, 0.25) is 10.0 Å². The summed E-state index contributed by atoms with van der Waals surface area (Å²) in [5.41, 5.74) is 0. The van der Waals surface area contributed by atoms with Crippen LogP contribution < -0.4 is 15.4 Å². The van der Waals surface area contributed by atoms with Gasteiger partial charge in [0.05, 0.1) is 12.8 Å². The van der Waals surface area contributed by atoms with E-state index in [2.05, 4.69) is 15.6 Å². The number of sulfonamides is 1. The molecule has 0 amide bonds. The van der Waals surface area contributed by atoms with Crippen molar-refractivity contribution in [1.29, 1.82) is 0 Å². The van der Waals surface area contributed by atoms with Crippen molar-refractivity contribution in [2.45, 2.75) is 32.8 Å². The predicted octanol–water partition coefficient (Wildman–Crippen LogP) is 2.44. The van der Waals surface area contributed by atoms with E-state index in [1.807, 2.05) is 13.8 Å². The van der Waals surface area contributed by atoms with Gasteiger partial charge in [0, 0.05) is 32.7 Å². The van der Waals surface area contributed by atoms with Gasteiger partial charge >= 0.3 is 0 Å². The molecule has 0 spiro atoms. The number of benzene rings is 1. The van der Waals surface area contributed by atoms with Crippen molar-refractivity contribution in [3.8, 4) is 5.75 Å². The molecule has 162 valence electrons. The van der Waals surface area contributed by atoms with Gasteiger partial charge < -0.3 is 15.4 Å². The van der Waals surface area contributed by atoms with E-state index in [1.165, 1.54) is 22.7 Å². The van der Waals surface area contributed by atoms with E-state index in [4.69, 9.17) is 4.74 Å². The van der Waals surface area contributed by atoms with Gasteiger partial charge in [-0.2, -0.15) is 0 Å². The normalized spacial score (nSPS) is 13.0. The SMILES string of the molecule is CCC(CNC(=NC)NCCCN(CC)S(C)(=O)=O)Oc1cccc(F)c1.I. The number of aliphatic imine (C=N–C) groups is 1. The van der Waals surface area contributed by atoms with E-state index in [9.17, 15) is 12.8 Å². The topological polar surface area (TPSA) is 83.0 Å². The van der Waals surface area contributed by atoms with Crippen LogP contribution in [0.25, 0.3) is 0 Å². The van der Waals surface area contributed by atoms with Gasteiger partial charge in [-0.1, -0.05) is 19.9 Å². The number of ether oxygens (including phenoxy) is 1. The Morgan fingerprint density at radius 2 is 2.04 bits per heavy atom. The Morgan fingerprint density at radius 1 is 1.32 bits per heavy atom. The number of nitrogens with one attached hydrogen (secondary N) is 2. The quantitative estimate of drug-likeness (QED) is 0.199. The first-order valence-electron chi connectivity index (χ1n) is 9.12. The zero-order valence-electron chi connectivity index (χ0n) is 16.9. The van der Waals surface area contributed by atoms with Crippen LogP contribution in [0.3, 0.4) is 0 Å². The van der Waals surface area contributed by atoms with Crippen LogP contribution in [0.4, 0.5) is 4.39 Å². The zero-order valence-corrected chi connectivity index (χ0v) is 20.1. The maximum atomic E-state index is 13.3. The minimum absolute atomic E-state index is 0.